The molecule has 1 fully saturated rings. The highest BCUT2D eigenvalue weighted by Crippen LogP contribution is 2.36. The summed E-state index contributed by atoms with van der Waals surface area (Å²) in [7, 11) is 2.75. The maximum Gasteiger partial charge on any atom is 0.248 e. The van der Waals surface area contributed by atoms with Crippen molar-refractivity contribution in [2.75, 3.05) is 74.2 Å². The van der Waals surface area contributed by atoms with Crippen molar-refractivity contribution in [2.24, 2.45) is 0 Å². The number of nitrogens with zero attached hydrogens (tertiary/aromatic N) is 4. The first-order valence-electron chi connectivity index (χ1n) is 12.2. The number of carbonyl (C=O) groups excluding carboxylic acids is 1. The number of rotatable bonds is 14. The molecule has 206 valence electrons. The maximum atomic E-state index is 13.0. The van der Waals surface area contributed by atoms with Gasteiger partial charge < -0.3 is 19.3 Å². The van der Waals surface area contributed by atoms with Gasteiger partial charge in [-0.2, -0.15) is 4.31 Å². The van der Waals surface area contributed by atoms with Crippen LogP contribution in [0, 0.1) is 0 Å². The second-order valence-electron chi connectivity index (χ2n) is 9.27. The number of methoxy groups -OCH3 is 1. The summed E-state index contributed by atoms with van der Waals surface area (Å²) in [6.07, 6.45) is 2.03. The molecule has 1 aliphatic heterocycles. The fourth-order valence-electron chi connectivity index (χ4n) is 4.11. The lowest BCUT2D eigenvalue weighted by atomic mass is 10.2. The quantitative estimate of drug-likeness (QED) is 0.320. The normalized spacial score (nSPS) is 17.7. The second-order valence-corrected chi connectivity index (χ2v) is 12.1. The van der Waals surface area contributed by atoms with Crippen molar-refractivity contribution in [1.82, 2.24) is 19.0 Å². The molecule has 1 heterocycles. The molecule has 1 saturated heterocycles. The Balaban J connectivity index is 1.81. The van der Waals surface area contributed by atoms with E-state index in [2.05, 4.69) is 30.7 Å². The van der Waals surface area contributed by atoms with E-state index in [1.807, 2.05) is 0 Å². The molecule has 36 heavy (non-hydrogen) atoms. The van der Waals surface area contributed by atoms with Crippen LogP contribution in [-0.4, -0.2) is 120 Å². The fraction of sp³-hybridized carbons (Fsp3) is 0.708. The second kappa shape index (κ2) is 14.1. The number of hydrogen-bond donors (Lipinski definition) is 0. The number of benzene rings is 1. The summed E-state index contributed by atoms with van der Waals surface area (Å²) in [5.41, 5.74) is 0. The monoisotopic (exact) mass is 566 g/mol. The van der Waals surface area contributed by atoms with E-state index in [9.17, 15) is 13.2 Å². The van der Waals surface area contributed by atoms with E-state index in [1.54, 1.807) is 11.9 Å². The molecule has 2 rings (SSSR count). The van der Waals surface area contributed by atoms with E-state index >= 15 is 0 Å². The van der Waals surface area contributed by atoms with Crippen LogP contribution in [0.15, 0.2) is 17.0 Å². The van der Waals surface area contributed by atoms with Crippen LogP contribution in [0.3, 0.4) is 0 Å². The van der Waals surface area contributed by atoms with Gasteiger partial charge in [0.1, 0.15) is 17.3 Å². The van der Waals surface area contributed by atoms with Gasteiger partial charge in [0.05, 0.1) is 18.7 Å². The number of sulfonamides is 1. The van der Waals surface area contributed by atoms with Gasteiger partial charge in [-0.05, 0) is 46.0 Å². The van der Waals surface area contributed by atoms with Crippen LogP contribution in [0.2, 0.25) is 10.0 Å². The Morgan fingerprint density at radius 3 is 2.56 bits per heavy atom. The predicted molar refractivity (Wildman–Crippen MR) is 144 cm³/mol. The first kappa shape index (κ1) is 31.1. The van der Waals surface area contributed by atoms with E-state index < -0.39 is 10.0 Å². The van der Waals surface area contributed by atoms with Gasteiger partial charge in [-0.15, -0.1) is 0 Å². The molecular formula is C24H40Cl2N4O5S. The summed E-state index contributed by atoms with van der Waals surface area (Å²) < 4.78 is 37.9. The average molecular weight is 568 g/mol. The van der Waals surface area contributed by atoms with Gasteiger partial charge in [0.25, 0.3) is 0 Å². The smallest absolute Gasteiger partial charge is 0.248 e. The van der Waals surface area contributed by atoms with Crippen LogP contribution in [-0.2, 0) is 19.6 Å². The highest BCUT2D eigenvalue weighted by atomic mass is 35.5. The van der Waals surface area contributed by atoms with Gasteiger partial charge in [-0.3, -0.25) is 9.69 Å². The number of halogens is 2. The van der Waals surface area contributed by atoms with Crippen molar-refractivity contribution in [1.29, 1.82) is 0 Å². The third-order valence-corrected chi connectivity index (χ3v) is 9.43. The molecule has 12 heteroatoms. The third-order valence-electron chi connectivity index (χ3n) is 6.87. The lowest BCUT2D eigenvalue weighted by molar-refractivity contribution is -0.136. The number of carbonyl (C=O) groups is 1. The molecule has 0 N–H and O–H groups in total. The summed E-state index contributed by atoms with van der Waals surface area (Å²) >= 11 is 12.1. The summed E-state index contributed by atoms with van der Waals surface area (Å²) in [4.78, 5) is 19.0. The van der Waals surface area contributed by atoms with Crippen LogP contribution in [0.4, 0.5) is 0 Å². The maximum absolute atomic E-state index is 13.0. The van der Waals surface area contributed by atoms with Crippen LogP contribution in [0.5, 0.6) is 5.75 Å². The molecule has 1 unspecified atom stereocenters. The predicted octanol–water partition coefficient (Wildman–Crippen LogP) is 2.90. The number of ether oxygens (including phenoxy) is 2. The van der Waals surface area contributed by atoms with Gasteiger partial charge >= 0.3 is 0 Å². The van der Waals surface area contributed by atoms with Gasteiger partial charge in [0.15, 0.2) is 0 Å². The van der Waals surface area contributed by atoms with Gasteiger partial charge in [-0.25, -0.2) is 8.42 Å². The summed E-state index contributed by atoms with van der Waals surface area (Å²) in [6, 6.07) is 3.36. The van der Waals surface area contributed by atoms with Crippen molar-refractivity contribution in [2.45, 2.75) is 43.7 Å². The highest BCUT2D eigenvalue weighted by molar-refractivity contribution is 7.89. The largest absolute Gasteiger partial charge is 0.495 e. The number of amides is 1. The first-order valence-corrected chi connectivity index (χ1v) is 14.4. The molecular weight excluding hydrogens is 527 g/mol. The minimum absolute atomic E-state index is 0.0266. The Morgan fingerprint density at radius 2 is 1.92 bits per heavy atom. The molecule has 9 nitrogen and oxygen atoms in total. The molecule has 0 spiro atoms. The molecule has 1 amide bonds. The first-order chi connectivity index (χ1) is 16.9. The van der Waals surface area contributed by atoms with Gasteiger partial charge in [-0.1, -0.05) is 30.1 Å². The minimum atomic E-state index is -3.95. The minimum Gasteiger partial charge on any atom is -0.495 e. The summed E-state index contributed by atoms with van der Waals surface area (Å²) in [6.45, 7) is 8.31. The number of hydrogen-bond acceptors (Lipinski definition) is 7. The van der Waals surface area contributed by atoms with Crippen LogP contribution in [0.1, 0.15) is 26.7 Å². The number of likely N-dealkylation sites (N-methyl/N-ethyl adjacent to an activating group) is 2. The van der Waals surface area contributed by atoms with E-state index in [-0.39, 0.29) is 52.4 Å². The van der Waals surface area contributed by atoms with Crippen LogP contribution >= 0.6 is 23.2 Å². The van der Waals surface area contributed by atoms with Crippen molar-refractivity contribution in [3.05, 3.63) is 22.2 Å². The Labute approximate surface area is 226 Å². The van der Waals surface area contributed by atoms with Crippen LogP contribution in [0.25, 0.3) is 0 Å². The van der Waals surface area contributed by atoms with Crippen molar-refractivity contribution >= 4 is 39.1 Å². The Hall–Kier alpha value is -1.14. The Bertz CT molecular complexity index is 981. The van der Waals surface area contributed by atoms with E-state index in [0.29, 0.717) is 6.04 Å². The average Bonchev–Trinajstić information content (AvgIpc) is 3.33. The van der Waals surface area contributed by atoms with Crippen LogP contribution < -0.4 is 4.74 Å². The zero-order valence-corrected chi connectivity index (χ0v) is 24.5. The van der Waals surface area contributed by atoms with Crippen molar-refractivity contribution in [3.8, 4) is 5.75 Å². The molecule has 1 aromatic carbocycles. The highest BCUT2D eigenvalue weighted by Gasteiger charge is 2.31. The zero-order chi connectivity index (χ0) is 27.0. The molecule has 0 aliphatic carbocycles. The molecule has 1 aromatic rings. The van der Waals surface area contributed by atoms with Crippen molar-refractivity contribution < 1.29 is 22.7 Å². The van der Waals surface area contributed by atoms with Gasteiger partial charge in [0.2, 0.25) is 15.9 Å². The van der Waals surface area contributed by atoms with Crippen molar-refractivity contribution in [3.63, 3.8) is 0 Å². The summed E-state index contributed by atoms with van der Waals surface area (Å²) in [5, 5.41) is 0.245. The fourth-order valence-corrected chi connectivity index (χ4v) is 6.20. The Kier molecular flexibility index (Phi) is 12.2. The lowest BCUT2D eigenvalue weighted by Gasteiger charge is -2.28. The number of likely N-dealkylation sites (tertiary alicyclic amines) is 1. The van der Waals surface area contributed by atoms with E-state index in [1.165, 1.54) is 26.3 Å². The molecule has 0 radical (unpaired) electrons. The third kappa shape index (κ3) is 8.18. The van der Waals surface area contributed by atoms with E-state index in [4.69, 9.17) is 32.7 Å². The molecule has 0 bridgehead atoms. The Morgan fingerprint density at radius 1 is 1.22 bits per heavy atom. The molecule has 2 atom stereocenters. The molecule has 0 aromatic heterocycles. The molecule has 0 saturated carbocycles. The van der Waals surface area contributed by atoms with Gasteiger partial charge in [0, 0.05) is 56.9 Å². The standard InChI is InChI=1S/C24H40Cl2N4O5S/c1-7-27(3)10-8-18(2)30-11-9-20(16-30)29(5)23(31)17-35-13-12-28(4)36(32,33)24-21(26)14-19(25)15-22(24)34-6/h14-15,18,20H,7-13,16-17H2,1-6H3/t18?,20-/m1/s1. The summed E-state index contributed by atoms with van der Waals surface area (Å²) in [5.74, 6) is -0.0532. The molecule has 1 aliphatic rings. The SMILES string of the molecule is CCN(C)CCC(C)N1CC[C@@H](N(C)C(=O)COCCN(C)S(=O)(=O)c2c(Cl)cc(Cl)cc2OC)C1. The topological polar surface area (TPSA) is 82.6 Å². The zero-order valence-electron chi connectivity index (χ0n) is 22.2. The van der Waals surface area contributed by atoms with E-state index in [0.717, 1.165) is 43.3 Å². The lowest BCUT2D eigenvalue weighted by Crippen LogP contribution is -2.42.